The summed E-state index contributed by atoms with van der Waals surface area (Å²) in [6, 6.07) is 4.58. The molecule has 0 aliphatic heterocycles. The second kappa shape index (κ2) is 7.67. The van der Waals surface area contributed by atoms with Crippen LogP contribution in [0.2, 0.25) is 0 Å². The van der Waals surface area contributed by atoms with Crippen molar-refractivity contribution in [2.45, 2.75) is 50.4 Å². The van der Waals surface area contributed by atoms with E-state index in [1.807, 2.05) is 11.6 Å². The van der Waals surface area contributed by atoms with E-state index in [4.69, 9.17) is 0 Å². The molecule has 1 aliphatic rings. The zero-order chi connectivity index (χ0) is 19.6. The fourth-order valence-corrected chi connectivity index (χ4v) is 3.03. The van der Waals surface area contributed by atoms with Crippen LogP contribution in [0.25, 0.3) is 0 Å². The van der Waals surface area contributed by atoms with Gasteiger partial charge in [-0.2, -0.15) is 13.2 Å². The number of halogens is 3. The number of nitrogens with zero attached hydrogens (tertiary/aromatic N) is 3. The van der Waals surface area contributed by atoms with Crippen molar-refractivity contribution in [2.24, 2.45) is 7.05 Å². The van der Waals surface area contributed by atoms with Crippen molar-refractivity contribution in [3.63, 3.8) is 0 Å². The fraction of sp³-hybridized carbons (Fsp3) is 0.500. The Bertz CT molecular complexity index is 815. The predicted octanol–water partition coefficient (Wildman–Crippen LogP) is 2.32. The van der Waals surface area contributed by atoms with Crippen molar-refractivity contribution in [1.29, 1.82) is 0 Å². The largest absolute Gasteiger partial charge is 0.416 e. The SMILES string of the molecule is Cn1c(CNC(=O)C(O)Cc2cccc(C(F)(F)F)c2)nnc1C1CCC1. The number of rotatable bonds is 6. The first kappa shape index (κ1) is 19.3. The number of amides is 1. The van der Waals surface area contributed by atoms with Crippen LogP contribution < -0.4 is 5.32 Å². The molecule has 0 bridgehead atoms. The van der Waals surface area contributed by atoms with E-state index in [0.717, 1.165) is 30.8 Å². The molecule has 1 aromatic carbocycles. The van der Waals surface area contributed by atoms with Crippen molar-refractivity contribution >= 4 is 5.91 Å². The normalized spacial score (nSPS) is 16.0. The molecule has 6 nitrogen and oxygen atoms in total. The van der Waals surface area contributed by atoms with Gasteiger partial charge in [0.1, 0.15) is 11.9 Å². The summed E-state index contributed by atoms with van der Waals surface area (Å²) in [6.07, 6.45) is -2.80. The molecule has 9 heteroatoms. The quantitative estimate of drug-likeness (QED) is 0.804. The minimum absolute atomic E-state index is 0.0920. The molecule has 1 aromatic heterocycles. The number of aliphatic hydroxyl groups excluding tert-OH is 1. The lowest BCUT2D eigenvalue weighted by Gasteiger charge is -2.24. The van der Waals surface area contributed by atoms with E-state index < -0.39 is 23.8 Å². The third-order valence-electron chi connectivity index (χ3n) is 4.88. The third kappa shape index (κ3) is 4.47. The van der Waals surface area contributed by atoms with Crippen molar-refractivity contribution in [2.75, 3.05) is 0 Å². The van der Waals surface area contributed by atoms with Crippen molar-refractivity contribution in [3.05, 3.63) is 47.0 Å². The summed E-state index contributed by atoms with van der Waals surface area (Å²) < 4.78 is 40.1. The molecule has 146 valence electrons. The summed E-state index contributed by atoms with van der Waals surface area (Å²) in [5.41, 5.74) is -0.575. The lowest BCUT2D eigenvalue weighted by molar-refractivity contribution is -0.137. The van der Waals surface area contributed by atoms with E-state index in [2.05, 4.69) is 15.5 Å². The molecule has 1 atom stereocenters. The lowest BCUT2D eigenvalue weighted by Crippen LogP contribution is -2.36. The first-order valence-electron chi connectivity index (χ1n) is 8.76. The molecule has 0 radical (unpaired) electrons. The molecule has 1 heterocycles. The Hall–Kier alpha value is -2.42. The van der Waals surface area contributed by atoms with Crippen molar-refractivity contribution in [3.8, 4) is 0 Å². The first-order chi connectivity index (χ1) is 12.8. The first-order valence-corrected chi connectivity index (χ1v) is 8.76. The van der Waals surface area contributed by atoms with Crippen molar-refractivity contribution in [1.82, 2.24) is 20.1 Å². The monoisotopic (exact) mass is 382 g/mol. The van der Waals surface area contributed by atoms with Crippen LogP contribution in [0.5, 0.6) is 0 Å². The van der Waals surface area contributed by atoms with Gasteiger partial charge in [-0.25, -0.2) is 0 Å². The zero-order valence-electron chi connectivity index (χ0n) is 14.8. The van der Waals surface area contributed by atoms with Crippen LogP contribution in [0.15, 0.2) is 24.3 Å². The van der Waals surface area contributed by atoms with Gasteiger partial charge in [-0.15, -0.1) is 10.2 Å². The van der Waals surface area contributed by atoms with Gasteiger partial charge in [0.25, 0.3) is 0 Å². The minimum atomic E-state index is -4.47. The highest BCUT2D eigenvalue weighted by molar-refractivity contribution is 5.80. The van der Waals surface area contributed by atoms with E-state index >= 15 is 0 Å². The highest BCUT2D eigenvalue weighted by Gasteiger charge is 2.30. The van der Waals surface area contributed by atoms with Gasteiger partial charge in [-0.1, -0.05) is 24.6 Å². The Labute approximate surface area is 154 Å². The van der Waals surface area contributed by atoms with Crippen molar-refractivity contribution < 1.29 is 23.1 Å². The molecule has 2 aromatic rings. The van der Waals surface area contributed by atoms with E-state index in [-0.39, 0.29) is 18.5 Å². The predicted molar refractivity (Wildman–Crippen MR) is 90.6 cm³/mol. The second-order valence-corrected chi connectivity index (χ2v) is 6.80. The van der Waals surface area contributed by atoms with Crippen LogP contribution in [0, 0.1) is 0 Å². The third-order valence-corrected chi connectivity index (χ3v) is 4.88. The molecular formula is C18H21F3N4O2. The van der Waals surface area contributed by atoms with E-state index in [0.29, 0.717) is 11.7 Å². The van der Waals surface area contributed by atoms with Crippen LogP contribution in [0.4, 0.5) is 13.2 Å². The summed E-state index contributed by atoms with van der Waals surface area (Å²) in [4.78, 5) is 12.1. The maximum Gasteiger partial charge on any atom is 0.416 e. The van der Waals surface area contributed by atoms with E-state index in [1.54, 1.807) is 0 Å². The molecular weight excluding hydrogens is 361 g/mol. The summed E-state index contributed by atoms with van der Waals surface area (Å²) >= 11 is 0. The average molecular weight is 382 g/mol. The van der Waals surface area contributed by atoms with Gasteiger partial charge in [-0.3, -0.25) is 4.79 Å². The lowest BCUT2D eigenvalue weighted by atomic mass is 9.85. The number of alkyl halides is 3. The molecule has 3 rings (SSSR count). The Balaban J connectivity index is 1.56. The van der Waals surface area contributed by atoms with Gasteiger partial charge < -0.3 is 15.0 Å². The number of hydrogen-bond donors (Lipinski definition) is 2. The summed E-state index contributed by atoms with van der Waals surface area (Å²) in [7, 11) is 1.83. The summed E-state index contributed by atoms with van der Waals surface area (Å²) in [6.45, 7) is 0.0920. The smallest absolute Gasteiger partial charge is 0.383 e. The number of benzene rings is 1. The molecule has 27 heavy (non-hydrogen) atoms. The Morgan fingerprint density at radius 1 is 1.37 bits per heavy atom. The van der Waals surface area contributed by atoms with Gasteiger partial charge in [0, 0.05) is 19.4 Å². The minimum Gasteiger partial charge on any atom is -0.383 e. The zero-order valence-corrected chi connectivity index (χ0v) is 14.8. The second-order valence-electron chi connectivity index (χ2n) is 6.80. The van der Waals surface area contributed by atoms with Gasteiger partial charge in [0.2, 0.25) is 5.91 Å². The molecule has 1 amide bonds. The molecule has 1 saturated carbocycles. The van der Waals surface area contributed by atoms with Gasteiger partial charge >= 0.3 is 6.18 Å². The number of carbonyl (C=O) groups excluding carboxylic acids is 1. The van der Waals surface area contributed by atoms with Gasteiger partial charge in [0.15, 0.2) is 5.82 Å². The summed E-state index contributed by atoms with van der Waals surface area (Å²) in [5, 5.41) is 20.8. The average Bonchev–Trinajstić information content (AvgIpc) is 2.91. The Morgan fingerprint density at radius 2 is 2.11 bits per heavy atom. The summed E-state index contributed by atoms with van der Waals surface area (Å²) in [5.74, 6) is 1.19. The molecule has 0 saturated heterocycles. The van der Waals surface area contributed by atoms with Crippen LogP contribution >= 0.6 is 0 Å². The number of aliphatic hydroxyl groups is 1. The Kier molecular flexibility index (Phi) is 5.50. The van der Waals surface area contributed by atoms with Gasteiger partial charge in [-0.05, 0) is 24.5 Å². The molecule has 1 fully saturated rings. The molecule has 0 spiro atoms. The van der Waals surface area contributed by atoms with Crippen LogP contribution in [-0.4, -0.2) is 31.9 Å². The maximum absolute atomic E-state index is 12.7. The van der Waals surface area contributed by atoms with Gasteiger partial charge in [0.05, 0.1) is 12.1 Å². The maximum atomic E-state index is 12.7. The Morgan fingerprint density at radius 3 is 2.74 bits per heavy atom. The highest BCUT2D eigenvalue weighted by Crippen LogP contribution is 2.35. The molecule has 2 N–H and O–H groups in total. The standard InChI is InChI=1S/C18H21F3N4O2/c1-25-15(23-24-16(25)12-5-3-6-12)10-22-17(27)14(26)9-11-4-2-7-13(8-11)18(19,20)21/h2,4,7-8,12,14,26H,3,5-6,9-10H2,1H3,(H,22,27). The van der Waals surface area contributed by atoms with Crippen LogP contribution in [0.3, 0.4) is 0 Å². The van der Waals surface area contributed by atoms with Crippen LogP contribution in [-0.2, 0) is 31.0 Å². The number of hydrogen-bond acceptors (Lipinski definition) is 4. The fourth-order valence-electron chi connectivity index (χ4n) is 3.03. The number of nitrogens with one attached hydrogen (secondary N) is 1. The number of aromatic nitrogens is 3. The molecule has 1 unspecified atom stereocenters. The highest BCUT2D eigenvalue weighted by atomic mass is 19.4. The molecule has 1 aliphatic carbocycles. The van der Waals surface area contributed by atoms with E-state index in [9.17, 15) is 23.1 Å². The van der Waals surface area contributed by atoms with E-state index in [1.165, 1.54) is 18.6 Å². The van der Waals surface area contributed by atoms with Crippen LogP contribution in [0.1, 0.15) is 48.0 Å². The number of carbonyl (C=O) groups is 1. The topological polar surface area (TPSA) is 80.0 Å².